The number of carbonyl (C=O) groups excluding carboxylic acids is 4. The maximum absolute atomic E-state index is 14.1. The van der Waals surface area contributed by atoms with Gasteiger partial charge >= 0.3 is 5.97 Å². The van der Waals surface area contributed by atoms with Gasteiger partial charge in [0.1, 0.15) is 40.4 Å². The number of phenols is 2. The van der Waals surface area contributed by atoms with Crippen LogP contribution in [-0.2, 0) is 25.5 Å². The molecular weight excluding hydrogens is 548 g/mol. The molecule has 11 heteroatoms. The zero-order valence-corrected chi connectivity index (χ0v) is 22.3. The Hall–Kier alpha value is -4.90. The molecule has 6 aliphatic rings. The second-order valence-electron chi connectivity index (χ2n) is 11.3. The molecule has 0 aromatic heterocycles. The summed E-state index contributed by atoms with van der Waals surface area (Å²) in [5, 5.41) is 55.8. The molecule has 1 saturated carbocycles. The second kappa shape index (κ2) is 8.10. The van der Waals surface area contributed by atoms with Crippen molar-refractivity contribution in [2.45, 2.75) is 43.8 Å². The van der Waals surface area contributed by atoms with Gasteiger partial charge in [-0.25, -0.2) is 4.79 Å². The molecule has 2 aromatic rings. The number of rotatable bonds is 1. The Bertz CT molecular complexity index is 1830. The van der Waals surface area contributed by atoms with Crippen molar-refractivity contribution < 1.29 is 54.2 Å². The number of hydrogen-bond donors (Lipinski definition) is 5. The summed E-state index contributed by atoms with van der Waals surface area (Å²) in [6.07, 6.45) is 0.757. The molecule has 5 N–H and O–H groups in total. The molecule has 2 unspecified atom stereocenters. The molecule has 2 aromatic carbocycles. The third kappa shape index (κ3) is 2.83. The molecule has 0 amide bonds. The van der Waals surface area contributed by atoms with Gasteiger partial charge < -0.3 is 35.0 Å². The number of carbonyl (C=O) groups is 4. The number of methoxy groups -OCH3 is 1. The first kappa shape index (κ1) is 26.0. The standard InChI is InChI=1S/C31H24O11/c1-11-7-14-20(16(33)8-11)26(37)23-24(35)13-5-6-30(23,28(14)39)10-12-9-17-21(25(36)19(12)13)27(38)22-15(32)3-4-18(34)31(22,42-17)29(40)41-2/h5-9,13,18,33-34,36-38H,3-4,10H2,1-2H3/t13-,18?,30-,31?/m0/s1. The van der Waals surface area contributed by atoms with Crippen molar-refractivity contribution in [2.24, 2.45) is 5.41 Å². The van der Waals surface area contributed by atoms with Crippen LogP contribution in [-0.4, -0.2) is 67.7 Å². The number of Topliss-reactive ketones (excluding diaryl/α,β-unsaturated/α-hetero) is 3. The number of ketones is 3. The molecule has 5 aliphatic carbocycles. The average molecular weight is 573 g/mol. The number of aliphatic hydroxyl groups excluding tert-OH is 3. The summed E-state index contributed by atoms with van der Waals surface area (Å²) in [4.78, 5) is 54.1. The van der Waals surface area contributed by atoms with Crippen molar-refractivity contribution in [1.82, 2.24) is 0 Å². The van der Waals surface area contributed by atoms with E-state index >= 15 is 0 Å². The largest absolute Gasteiger partial charge is 0.507 e. The lowest BCUT2D eigenvalue weighted by Gasteiger charge is -2.43. The van der Waals surface area contributed by atoms with E-state index in [-0.39, 0.29) is 64.2 Å². The monoisotopic (exact) mass is 572 g/mol. The molecule has 1 spiro atoms. The van der Waals surface area contributed by atoms with E-state index < -0.39 is 69.2 Å². The van der Waals surface area contributed by atoms with E-state index in [1.807, 2.05) is 0 Å². The van der Waals surface area contributed by atoms with Crippen LogP contribution in [0.4, 0.5) is 0 Å². The van der Waals surface area contributed by atoms with E-state index in [1.54, 1.807) is 6.92 Å². The summed E-state index contributed by atoms with van der Waals surface area (Å²) in [5.41, 5.74) is -4.61. The fourth-order valence-electron chi connectivity index (χ4n) is 7.28. The molecule has 4 atom stereocenters. The van der Waals surface area contributed by atoms with Crippen LogP contribution in [0.15, 0.2) is 41.5 Å². The fourth-order valence-corrected chi connectivity index (χ4v) is 7.28. The van der Waals surface area contributed by atoms with E-state index in [4.69, 9.17) is 9.47 Å². The summed E-state index contributed by atoms with van der Waals surface area (Å²) in [6.45, 7) is 1.67. The van der Waals surface area contributed by atoms with E-state index in [2.05, 4.69) is 0 Å². The van der Waals surface area contributed by atoms with E-state index in [9.17, 15) is 44.7 Å². The predicted octanol–water partition coefficient (Wildman–Crippen LogP) is 2.63. The van der Waals surface area contributed by atoms with Crippen LogP contribution < -0.4 is 4.74 Å². The van der Waals surface area contributed by atoms with Gasteiger partial charge in [-0.3, -0.25) is 14.4 Å². The van der Waals surface area contributed by atoms with Crippen molar-refractivity contribution in [3.05, 3.63) is 74.9 Å². The lowest BCUT2D eigenvalue weighted by Crippen LogP contribution is -2.61. The summed E-state index contributed by atoms with van der Waals surface area (Å²) >= 11 is 0. The van der Waals surface area contributed by atoms with Crippen LogP contribution in [0.5, 0.6) is 17.2 Å². The summed E-state index contributed by atoms with van der Waals surface area (Å²) < 4.78 is 10.9. The van der Waals surface area contributed by atoms with Crippen LogP contribution in [0.25, 0.3) is 11.5 Å². The maximum atomic E-state index is 14.1. The first-order chi connectivity index (χ1) is 19.9. The Labute approximate surface area is 237 Å². The Kier molecular flexibility index (Phi) is 5.02. The summed E-state index contributed by atoms with van der Waals surface area (Å²) in [5.74, 6) is -6.91. The SMILES string of the molecule is COC(=O)C12Oc3cc4c(c(O)c3C(O)=C1C(=O)CCC2O)[C@@H]1C=C[C@@]2(C4)C(=O)c3cc(C)cc(O)c3C(O)=C2C1=O. The van der Waals surface area contributed by atoms with Gasteiger partial charge in [-0.05, 0) is 49.1 Å². The normalized spacial score (nSPS) is 28.8. The number of aliphatic hydroxyl groups is 3. The molecule has 42 heavy (non-hydrogen) atoms. The third-order valence-corrected chi connectivity index (χ3v) is 9.10. The van der Waals surface area contributed by atoms with E-state index in [0.717, 1.165) is 7.11 Å². The number of esters is 1. The Morgan fingerprint density at radius 2 is 1.74 bits per heavy atom. The molecule has 1 heterocycles. The molecule has 2 bridgehead atoms. The first-order valence-corrected chi connectivity index (χ1v) is 13.3. The van der Waals surface area contributed by atoms with E-state index in [0.29, 0.717) is 5.56 Å². The van der Waals surface area contributed by atoms with Gasteiger partial charge in [0.2, 0.25) is 0 Å². The highest BCUT2D eigenvalue weighted by Gasteiger charge is 2.62. The Morgan fingerprint density at radius 3 is 2.45 bits per heavy atom. The lowest BCUT2D eigenvalue weighted by molar-refractivity contribution is -0.169. The summed E-state index contributed by atoms with van der Waals surface area (Å²) in [7, 11) is 1.03. The van der Waals surface area contributed by atoms with Crippen molar-refractivity contribution in [2.75, 3.05) is 7.11 Å². The number of benzene rings is 2. The minimum Gasteiger partial charge on any atom is -0.507 e. The fraction of sp³-hybridized carbons (Fsp3) is 0.290. The van der Waals surface area contributed by atoms with E-state index in [1.165, 1.54) is 30.4 Å². The number of hydrogen-bond acceptors (Lipinski definition) is 11. The number of aryl methyl sites for hydroxylation is 1. The summed E-state index contributed by atoms with van der Waals surface area (Å²) in [6, 6.07) is 4.22. The molecule has 214 valence electrons. The third-order valence-electron chi connectivity index (χ3n) is 9.10. The van der Waals surface area contributed by atoms with Crippen LogP contribution in [0, 0.1) is 12.3 Å². The number of ether oxygens (including phenoxy) is 2. The van der Waals surface area contributed by atoms with Gasteiger partial charge in [-0.1, -0.05) is 12.2 Å². The smallest absolute Gasteiger partial charge is 0.358 e. The number of fused-ring (bicyclic) bond motifs is 3. The predicted molar refractivity (Wildman–Crippen MR) is 143 cm³/mol. The molecule has 1 fully saturated rings. The van der Waals surface area contributed by atoms with Crippen LogP contribution in [0.3, 0.4) is 0 Å². The minimum absolute atomic E-state index is 0.0176. The highest BCUT2D eigenvalue weighted by atomic mass is 16.6. The van der Waals surface area contributed by atoms with Crippen molar-refractivity contribution in [1.29, 1.82) is 0 Å². The van der Waals surface area contributed by atoms with Gasteiger partial charge in [-0.2, -0.15) is 0 Å². The van der Waals surface area contributed by atoms with Crippen LogP contribution in [0.2, 0.25) is 0 Å². The topological polar surface area (TPSA) is 188 Å². The van der Waals surface area contributed by atoms with Crippen LogP contribution >= 0.6 is 0 Å². The van der Waals surface area contributed by atoms with Crippen molar-refractivity contribution >= 4 is 34.8 Å². The second-order valence-corrected chi connectivity index (χ2v) is 11.3. The molecule has 1 aliphatic heterocycles. The van der Waals surface area contributed by atoms with Gasteiger partial charge in [0, 0.05) is 17.5 Å². The Morgan fingerprint density at radius 1 is 1.02 bits per heavy atom. The quantitative estimate of drug-likeness (QED) is 0.250. The average Bonchev–Trinajstić information content (AvgIpc) is 3.16. The highest BCUT2D eigenvalue weighted by Crippen LogP contribution is 2.59. The molecule has 11 nitrogen and oxygen atoms in total. The van der Waals surface area contributed by atoms with Gasteiger partial charge in [-0.15, -0.1) is 0 Å². The number of phenolic OH excluding ortho intramolecular Hbond substituents is 2. The molecule has 8 rings (SSSR count). The lowest BCUT2D eigenvalue weighted by atomic mass is 9.62. The van der Waals surface area contributed by atoms with Crippen molar-refractivity contribution in [3.8, 4) is 17.2 Å². The zero-order valence-electron chi connectivity index (χ0n) is 22.3. The van der Waals surface area contributed by atoms with Crippen LogP contribution in [0.1, 0.15) is 56.9 Å². The van der Waals surface area contributed by atoms with Crippen molar-refractivity contribution in [3.63, 3.8) is 0 Å². The van der Waals surface area contributed by atoms with Gasteiger partial charge in [0.15, 0.2) is 17.3 Å². The highest BCUT2D eigenvalue weighted by molar-refractivity contribution is 6.23. The molecule has 0 saturated heterocycles. The minimum atomic E-state index is -2.41. The van der Waals surface area contributed by atoms with Gasteiger partial charge in [0.05, 0.1) is 35.2 Å². The first-order valence-electron chi connectivity index (χ1n) is 13.3. The molecular formula is C31H24O11. The molecule has 0 radical (unpaired) electrons. The Balaban J connectivity index is 1.50. The number of aromatic hydroxyl groups is 2. The zero-order chi connectivity index (χ0) is 30.0. The van der Waals surface area contributed by atoms with Gasteiger partial charge in [0.25, 0.3) is 5.60 Å². The number of allylic oxidation sites excluding steroid dienone is 3. The maximum Gasteiger partial charge on any atom is 0.358 e.